The Bertz CT molecular complexity index is 1040. The van der Waals surface area contributed by atoms with Crippen LogP contribution in [-0.4, -0.2) is 16.2 Å². The zero-order valence-corrected chi connectivity index (χ0v) is 14.1. The lowest BCUT2D eigenvalue weighted by Crippen LogP contribution is -2.20. The van der Waals surface area contributed by atoms with E-state index >= 15 is 4.39 Å². The van der Waals surface area contributed by atoms with Crippen LogP contribution in [0, 0.1) is 5.82 Å². The maximum atomic E-state index is 15.2. The molecule has 2 atom stereocenters. The number of halogens is 4. The normalized spacial score (nSPS) is 21.0. The summed E-state index contributed by atoms with van der Waals surface area (Å²) in [6.07, 6.45) is 0.590. The average molecular weight is 380 g/mol. The molecule has 3 heterocycles. The highest BCUT2D eigenvalue weighted by atomic mass is 35.5. The number of hydrogen-bond acceptors (Lipinski definition) is 3. The predicted octanol–water partition coefficient (Wildman–Crippen LogP) is 4.57. The van der Waals surface area contributed by atoms with Crippen molar-refractivity contribution < 1.29 is 17.9 Å². The van der Waals surface area contributed by atoms with E-state index < -0.39 is 18.2 Å². The first-order chi connectivity index (χ1) is 12.5. The number of aromatic nitrogens is 2. The molecule has 3 aromatic rings. The van der Waals surface area contributed by atoms with Gasteiger partial charge >= 0.3 is 6.61 Å². The maximum Gasteiger partial charge on any atom is 0.387 e. The second-order valence-electron chi connectivity index (χ2n) is 6.47. The van der Waals surface area contributed by atoms with Gasteiger partial charge in [-0.1, -0.05) is 23.7 Å². The molecule has 0 spiro atoms. The minimum atomic E-state index is -3.15. The van der Waals surface area contributed by atoms with Crippen LogP contribution < -0.4 is 10.1 Å². The summed E-state index contributed by atoms with van der Waals surface area (Å²) in [5, 5.41) is 3.21. The molecule has 26 heavy (non-hydrogen) atoms. The lowest BCUT2D eigenvalue weighted by molar-refractivity contribution is -0.0522. The number of rotatable bonds is 2. The molecule has 0 unspecified atom stereocenters. The Hall–Kier alpha value is -2.25. The third-order valence-corrected chi connectivity index (χ3v) is 5.36. The first-order valence-electron chi connectivity index (χ1n) is 8.20. The molecule has 0 amide bonds. The van der Waals surface area contributed by atoms with E-state index in [4.69, 9.17) is 11.6 Å². The molecular weight excluding hydrogens is 367 g/mol. The molecule has 134 valence electrons. The number of nitrogens with one attached hydrogen (secondary N) is 1. The smallest absolute Gasteiger partial charge is 0.387 e. The van der Waals surface area contributed by atoms with Gasteiger partial charge in [0.15, 0.2) is 11.6 Å². The Kier molecular flexibility index (Phi) is 3.45. The quantitative estimate of drug-likeness (QED) is 0.709. The number of alkyl halides is 2. The van der Waals surface area contributed by atoms with Crippen LogP contribution in [0.25, 0.3) is 11.0 Å². The van der Waals surface area contributed by atoms with Gasteiger partial charge in [-0.05, 0) is 30.2 Å². The lowest BCUT2D eigenvalue weighted by atomic mass is 9.98. The molecule has 1 aromatic heterocycles. The van der Waals surface area contributed by atoms with Crippen molar-refractivity contribution in [2.24, 2.45) is 0 Å². The minimum Gasteiger partial charge on any atom is -0.430 e. The van der Waals surface area contributed by atoms with Crippen molar-refractivity contribution in [1.82, 2.24) is 14.9 Å². The van der Waals surface area contributed by atoms with Crippen LogP contribution in [-0.2, 0) is 6.54 Å². The van der Waals surface area contributed by atoms with E-state index in [2.05, 4.69) is 15.0 Å². The van der Waals surface area contributed by atoms with Crippen molar-refractivity contribution in [2.45, 2.75) is 31.7 Å². The van der Waals surface area contributed by atoms with Crippen molar-refractivity contribution in [2.75, 3.05) is 0 Å². The van der Waals surface area contributed by atoms with E-state index in [1.165, 1.54) is 6.07 Å². The molecule has 5 rings (SSSR count). The van der Waals surface area contributed by atoms with Crippen LogP contribution in [0.3, 0.4) is 0 Å². The van der Waals surface area contributed by atoms with E-state index in [-0.39, 0.29) is 17.1 Å². The number of hydrogen-bond donors (Lipinski definition) is 1. The lowest BCUT2D eigenvalue weighted by Gasteiger charge is -2.21. The van der Waals surface area contributed by atoms with Crippen molar-refractivity contribution in [3.63, 3.8) is 0 Å². The number of nitrogens with zero attached hydrogens (tertiary/aromatic N) is 2. The Balaban J connectivity index is 1.76. The van der Waals surface area contributed by atoms with Crippen LogP contribution in [0.5, 0.6) is 5.75 Å². The highest BCUT2D eigenvalue weighted by Crippen LogP contribution is 2.47. The van der Waals surface area contributed by atoms with Gasteiger partial charge in [0, 0.05) is 12.1 Å². The van der Waals surface area contributed by atoms with Gasteiger partial charge < -0.3 is 14.6 Å². The van der Waals surface area contributed by atoms with Crippen molar-refractivity contribution in [3.05, 3.63) is 58.1 Å². The van der Waals surface area contributed by atoms with Crippen molar-refractivity contribution in [3.8, 4) is 5.75 Å². The summed E-state index contributed by atoms with van der Waals surface area (Å²) >= 11 is 5.99. The second kappa shape index (κ2) is 5.62. The zero-order chi connectivity index (χ0) is 18.0. The average Bonchev–Trinajstić information content (AvgIpc) is 3.07. The molecule has 1 N–H and O–H groups in total. The molecule has 8 heteroatoms. The van der Waals surface area contributed by atoms with Crippen LogP contribution in [0.2, 0.25) is 5.02 Å². The van der Waals surface area contributed by atoms with Gasteiger partial charge in [-0.25, -0.2) is 9.37 Å². The fourth-order valence-electron chi connectivity index (χ4n) is 4.09. The van der Waals surface area contributed by atoms with Crippen LogP contribution in [0.1, 0.15) is 35.5 Å². The summed E-state index contributed by atoms with van der Waals surface area (Å²) in [5.41, 5.74) is 2.68. The Labute approximate surface area is 151 Å². The van der Waals surface area contributed by atoms with Gasteiger partial charge in [-0.2, -0.15) is 8.78 Å². The standard InChI is InChI=1S/C18H13ClF3N3O/c19-9-5-8-7-23-11-6-13(14(8)15(20)16(9)26-18(21)22)25-12-4-2-1-3-10(12)24-17(11)25/h1-5,11,13,18,23H,6-7H2/t11-,13-/m1/s1. The van der Waals surface area contributed by atoms with Gasteiger partial charge in [0.25, 0.3) is 0 Å². The number of ether oxygens (including phenoxy) is 1. The molecule has 0 aliphatic carbocycles. The number of para-hydroxylation sites is 2. The Morgan fingerprint density at radius 1 is 1.31 bits per heavy atom. The topological polar surface area (TPSA) is 39.1 Å². The van der Waals surface area contributed by atoms with Crippen molar-refractivity contribution in [1.29, 1.82) is 0 Å². The van der Waals surface area contributed by atoms with Gasteiger partial charge in [0.2, 0.25) is 0 Å². The Morgan fingerprint density at radius 2 is 2.12 bits per heavy atom. The molecule has 0 saturated carbocycles. The zero-order valence-electron chi connectivity index (χ0n) is 13.3. The molecule has 2 bridgehead atoms. The highest BCUT2D eigenvalue weighted by Gasteiger charge is 2.40. The molecule has 2 aromatic carbocycles. The number of imidazole rings is 1. The summed E-state index contributed by atoms with van der Waals surface area (Å²) in [5.74, 6) is -0.602. The first kappa shape index (κ1) is 16.0. The van der Waals surface area contributed by atoms with Gasteiger partial charge in [-0.15, -0.1) is 0 Å². The van der Waals surface area contributed by atoms with E-state index in [9.17, 15) is 8.78 Å². The summed E-state index contributed by atoms with van der Waals surface area (Å²) in [6, 6.07) is 8.71. The summed E-state index contributed by atoms with van der Waals surface area (Å²) < 4.78 is 47.0. The molecule has 0 fully saturated rings. The first-order valence-corrected chi connectivity index (χ1v) is 8.58. The largest absolute Gasteiger partial charge is 0.430 e. The highest BCUT2D eigenvalue weighted by molar-refractivity contribution is 6.32. The molecule has 0 radical (unpaired) electrons. The summed E-state index contributed by atoms with van der Waals surface area (Å²) in [6.45, 7) is -2.77. The van der Waals surface area contributed by atoms with Gasteiger partial charge in [-0.3, -0.25) is 0 Å². The predicted molar refractivity (Wildman–Crippen MR) is 90.1 cm³/mol. The Morgan fingerprint density at radius 3 is 2.92 bits per heavy atom. The number of benzene rings is 2. The van der Waals surface area contributed by atoms with Crippen LogP contribution >= 0.6 is 11.6 Å². The van der Waals surface area contributed by atoms with E-state index in [0.29, 0.717) is 24.1 Å². The fraction of sp³-hybridized carbons (Fsp3) is 0.278. The van der Waals surface area contributed by atoms with E-state index in [1.807, 2.05) is 28.8 Å². The summed E-state index contributed by atoms with van der Waals surface area (Å²) in [7, 11) is 0. The summed E-state index contributed by atoms with van der Waals surface area (Å²) in [4.78, 5) is 4.67. The second-order valence-corrected chi connectivity index (χ2v) is 6.87. The van der Waals surface area contributed by atoms with Crippen LogP contribution in [0.15, 0.2) is 30.3 Å². The maximum absolute atomic E-state index is 15.2. The molecule has 2 aliphatic rings. The minimum absolute atomic E-state index is 0.0440. The van der Waals surface area contributed by atoms with Gasteiger partial charge in [0.1, 0.15) is 5.82 Å². The third-order valence-electron chi connectivity index (χ3n) is 5.08. The third kappa shape index (κ3) is 2.17. The molecule has 0 saturated heterocycles. The fourth-order valence-corrected chi connectivity index (χ4v) is 4.35. The SMILES string of the molecule is Fc1c(OC(F)F)c(Cl)cc2c1[C@H]1C[C@@H](NC2)c2nc3ccccc3n21. The van der Waals surface area contributed by atoms with Crippen molar-refractivity contribution >= 4 is 22.6 Å². The molecule has 4 nitrogen and oxygen atoms in total. The molecule has 2 aliphatic heterocycles. The van der Waals surface area contributed by atoms with E-state index in [1.54, 1.807) is 0 Å². The van der Waals surface area contributed by atoms with E-state index in [0.717, 1.165) is 16.9 Å². The van der Waals surface area contributed by atoms with Gasteiger partial charge in [0.05, 0.1) is 28.1 Å². The molecular formula is C18H13ClF3N3O. The van der Waals surface area contributed by atoms with Crippen LogP contribution in [0.4, 0.5) is 13.2 Å². The monoisotopic (exact) mass is 379 g/mol. The number of fused-ring (bicyclic) bond motifs is 9.